The number of nitrogens with zero attached hydrogens (tertiary/aromatic N) is 1. The van der Waals surface area contributed by atoms with Gasteiger partial charge in [0.05, 0.1) is 23.1 Å². The van der Waals surface area contributed by atoms with Crippen molar-refractivity contribution in [3.8, 4) is 11.8 Å². The van der Waals surface area contributed by atoms with Gasteiger partial charge in [-0.15, -0.1) is 0 Å². The summed E-state index contributed by atoms with van der Waals surface area (Å²) in [6.07, 6.45) is 0. The van der Waals surface area contributed by atoms with Gasteiger partial charge in [-0.05, 0) is 37.6 Å². The predicted octanol–water partition coefficient (Wildman–Crippen LogP) is 3.73. The van der Waals surface area contributed by atoms with Crippen molar-refractivity contribution >= 4 is 17.5 Å². The first kappa shape index (κ1) is 19.7. The van der Waals surface area contributed by atoms with Gasteiger partial charge in [0.25, 0.3) is 0 Å². The van der Waals surface area contributed by atoms with Crippen LogP contribution in [0.2, 0.25) is 0 Å². The topological polar surface area (TPSA) is 49.4 Å². The minimum Gasteiger partial charge on any atom is -0.359 e. The molecule has 1 heterocycles. The molecule has 1 aliphatic heterocycles. The molecule has 1 N–H and O–H groups in total. The van der Waals surface area contributed by atoms with Crippen LogP contribution in [0.3, 0.4) is 0 Å². The fourth-order valence-corrected chi connectivity index (χ4v) is 3.37. The summed E-state index contributed by atoms with van der Waals surface area (Å²) in [7, 11) is 1.60. The summed E-state index contributed by atoms with van der Waals surface area (Å²) in [5, 5.41) is 2.69. The molecule has 0 bridgehead atoms. The Kier molecular flexibility index (Phi) is 5.04. The van der Waals surface area contributed by atoms with Gasteiger partial charge in [0.15, 0.2) is 0 Å². The van der Waals surface area contributed by atoms with Gasteiger partial charge in [-0.1, -0.05) is 56.0 Å². The van der Waals surface area contributed by atoms with Gasteiger partial charge in [0, 0.05) is 18.2 Å². The summed E-state index contributed by atoms with van der Waals surface area (Å²) < 4.78 is 0. The fraction of sp³-hybridized carbons (Fsp3) is 0.333. The van der Waals surface area contributed by atoms with Crippen LogP contribution < -0.4 is 10.2 Å². The SMILES string of the molecule is CNC(=O)C(C)(C)C(C)(C)C(=O)N1Cc2ccccc2C#Cc2ccccc21. The average Bonchev–Trinajstić information content (AvgIpc) is 2.68. The Labute approximate surface area is 166 Å². The monoisotopic (exact) mass is 374 g/mol. The van der Waals surface area contributed by atoms with Gasteiger partial charge in [-0.2, -0.15) is 0 Å². The third-order valence-corrected chi connectivity index (χ3v) is 6.01. The summed E-state index contributed by atoms with van der Waals surface area (Å²) in [6.45, 7) is 7.71. The first-order valence-electron chi connectivity index (χ1n) is 9.43. The van der Waals surface area contributed by atoms with Crippen LogP contribution in [0, 0.1) is 22.7 Å². The molecular formula is C24H26N2O2. The van der Waals surface area contributed by atoms with Crippen molar-refractivity contribution in [3.63, 3.8) is 0 Å². The van der Waals surface area contributed by atoms with Crippen molar-refractivity contribution in [3.05, 3.63) is 65.2 Å². The lowest BCUT2D eigenvalue weighted by Crippen LogP contribution is -2.54. The third kappa shape index (κ3) is 3.18. The third-order valence-electron chi connectivity index (χ3n) is 6.01. The predicted molar refractivity (Wildman–Crippen MR) is 112 cm³/mol. The second kappa shape index (κ2) is 7.16. The van der Waals surface area contributed by atoms with Crippen LogP contribution in [0.25, 0.3) is 0 Å². The Balaban J connectivity index is 2.14. The van der Waals surface area contributed by atoms with Crippen LogP contribution >= 0.6 is 0 Å². The number of para-hydroxylation sites is 1. The highest BCUT2D eigenvalue weighted by atomic mass is 16.2. The molecule has 0 saturated heterocycles. The Morgan fingerprint density at radius 1 is 0.893 bits per heavy atom. The number of rotatable bonds is 3. The molecule has 0 spiro atoms. The standard InChI is InChI=1S/C24H26N2O2/c1-23(2,21(27)25-5)24(3,4)22(28)26-16-19-12-7-6-10-17(19)14-15-18-11-8-9-13-20(18)26/h6-13H,16H2,1-5H3,(H,25,27). The van der Waals surface area contributed by atoms with E-state index in [9.17, 15) is 9.59 Å². The molecule has 28 heavy (non-hydrogen) atoms. The normalized spacial score (nSPS) is 13.2. The largest absolute Gasteiger partial charge is 0.359 e. The summed E-state index contributed by atoms with van der Waals surface area (Å²) in [5.41, 5.74) is 1.67. The van der Waals surface area contributed by atoms with Crippen LogP contribution in [0.1, 0.15) is 44.4 Å². The van der Waals surface area contributed by atoms with Crippen molar-refractivity contribution in [1.82, 2.24) is 5.32 Å². The van der Waals surface area contributed by atoms with E-state index in [-0.39, 0.29) is 11.8 Å². The number of benzene rings is 2. The summed E-state index contributed by atoms with van der Waals surface area (Å²) in [6, 6.07) is 15.5. The first-order valence-corrected chi connectivity index (χ1v) is 9.43. The highest BCUT2D eigenvalue weighted by Crippen LogP contribution is 2.42. The molecule has 1 aliphatic rings. The van der Waals surface area contributed by atoms with Gasteiger partial charge in [-0.25, -0.2) is 0 Å². The fourth-order valence-electron chi connectivity index (χ4n) is 3.37. The molecule has 2 aromatic carbocycles. The molecule has 3 rings (SSSR count). The number of hydrogen-bond donors (Lipinski definition) is 1. The average molecular weight is 374 g/mol. The zero-order valence-electron chi connectivity index (χ0n) is 17.1. The molecule has 4 nitrogen and oxygen atoms in total. The highest BCUT2D eigenvalue weighted by Gasteiger charge is 2.50. The van der Waals surface area contributed by atoms with Crippen molar-refractivity contribution in [1.29, 1.82) is 0 Å². The zero-order valence-corrected chi connectivity index (χ0v) is 17.1. The lowest BCUT2D eigenvalue weighted by atomic mass is 9.66. The van der Waals surface area contributed by atoms with Gasteiger partial charge >= 0.3 is 0 Å². The molecule has 0 radical (unpaired) electrons. The molecule has 0 atom stereocenters. The van der Waals surface area contributed by atoms with E-state index in [1.54, 1.807) is 11.9 Å². The van der Waals surface area contributed by atoms with Crippen LogP contribution in [0.15, 0.2) is 48.5 Å². The Morgan fingerprint density at radius 3 is 2.14 bits per heavy atom. The van der Waals surface area contributed by atoms with Crippen molar-refractivity contribution in [2.45, 2.75) is 34.2 Å². The van der Waals surface area contributed by atoms with Crippen molar-refractivity contribution in [2.24, 2.45) is 10.8 Å². The number of anilines is 1. The van der Waals surface area contributed by atoms with Gasteiger partial charge in [0.2, 0.25) is 11.8 Å². The van der Waals surface area contributed by atoms with E-state index < -0.39 is 10.8 Å². The second-order valence-corrected chi connectivity index (χ2v) is 8.14. The Hall–Kier alpha value is -3.06. The molecule has 144 valence electrons. The van der Waals surface area contributed by atoms with Gasteiger partial charge in [0.1, 0.15) is 0 Å². The Morgan fingerprint density at radius 2 is 1.46 bits per heavy atom. The number of carbonyl (C=O) groups excluding carboxylic acids is 2. The lowest BCUT2D eigenvalue weighted by molar-refractivity contribution is -0.145. The van der Waals surface area contributed by atoms with Gasteiger partial charge < -0.3 is 10.2 Å². The van der Waals surface area contributed by atoms with Crippen LogP contribution in [-0.4, -0.2) is 18.9 Å². The number of hydrogen-bond acceptors (Lipinski definition) is 2. The van der Waals surface area contributed by atoms with Crippen LogP contribution in [-0.2, 0) is 16.1 Å². The van der Waals surface area contributed by atoms with Gasteiger partial charge in [-0.3, -0.25) is 9.59 Å². The summed E-state index contributed by atoms with van der Waals surface area (Å²) in [4.78, 5) is 28.1. The van der Waals surface area contributed by atoms with E-state index in [2.05, 4.69) is 17.2 Å². The van der Waals surface area contributed by atoms with Crippen molar-refractivity contribution in [2.75, 3.05) is 11.9 Å². The molecule has 2 amide bonds. The lowest BCUT2D eigenvalue weighted by Gasteiger charge is -2.42. The summed E-state index contributed by atoms with van der Waals surface area (Å²) >= 11 is 0. The highest BCUT2D eigenvalue weighted by molar-refractivity contribution is 6.02. The maximum Gasteiger partial charge on any atom is 0.234 e. The van der Waals surface area contributed by atoms with Crippen LogP contribution in [0.5, 0.6) is 0 Å². The molecular weight excluding hydrogens is 348 g/mol. The maximum absolute atomic E-state index is 13.8. The summed E-state index contributed by atoms with van der Waals surface area (Å²) in [5.74, 6) is 6.17. The van der Waals surface area contributed by atoms with Crippen LogP contribution in [0.4, 0.5) is 5.69 Å². The number of fused-ring (bicyclic) bond motifs is 2. The van der Waals surface area contributed by atoms with Crippen molar-refractivity contribution < 1.29 is 9.59 Å². The smallest absolute Gasteiger partial charge is 0.234 e. The first-order chi connectivity index (χ1) is 13.2. The van der Waals surface area contributed by atoms with E-state index in [1.807, 2.05) is 76.2 Å². The minimum absolute atomic E-state index is 0.105. The Bertz CT molecular complexity index is 993. The van der Waals surface area contributed by atoms with E-state index in [4.69, 9.17) is 0 Å². The molecule has 0 aliphatic carbocycles. The number of carbonyl (C=O) groups is 2. The maximum atomic E-state index is 13.8. The molecule has 2 aromatic rings. The zero-order chi connectivity index (χ0) is 20.5. The van der Waals surface area contributed by atoms with E-state index in [0.717, 1.165) is 22.4 Å². The molecule has 4 heteroatoms. The number of nitrogens with one attached hydrogen (secondary N) is 1. The molecule has 0 fully saturated rings. The molecule has 0 aromatic heterocycles. The molecule has 0 unspecified atom stereocenters. The van der Waals surface area contributed by atoms with E-state index in [1.165, 1.54) is 0 Å². The number of amides is 2. The minimum atomic E-state index is -0.929. The second-order valence-electron chi connectivity index (χ2n) is 8.14. The van der Waals surface area contributed by atoms with E-state index >= 15 is 0 Å². The molecule has 0 saturated carbocycles. The quantitative estimate of drug-likeness (QED) is 0.832. The van der Waals surface area contributed by atoms with E-state index in [0.29, 0.717) is 6.54 Å².